The molecule has 0 aromatic heterocycles. The number of nitrogens with two attached hydrogens (primary N) is 1. The van der Waals surface area contributed by atoms with Gasteiger partial charge in [-0.2, -0.15) is 0 Å². The van der Waals surface area contributed by atoms with Gasteiger partial charge in [0, 0.05) is 10.6 Å². The molecule has 0 heterocycles. The Kier molecular flexibility index (Phi) is 2.75. The number of benzene rings is 1. The molecule has 0 aliphatic rings. The van der Waals surface area contributed by atoms with E-state index in [1.54, 1.807) is 0 Å². The maximum Gasteiger partial charge on any atom is 0.265 e. The zero-order valence-electron chi connectivity index (χ0n) is 5.82. The fourth-order valence-corrected chi connectivity index (χ4v) is 1.22. The maximum absolute atomic E-state index is 12.2. The number of rotatable bonds is 1. The maximum atomic E-state index is 12.2. The molecule has 1 aromatic rings. The number of anilines is 1. The third-order valence-electron chi connectivity index (χ3n) is 1.33. The van der Waals surface area contributed by atoms with E-state index >= 15 is 0 Å². The predicted octanol–water partition coefficient (Wildman–Crippen LogP) is 3.51. The Morgan fingerprint density at radius 3 is 2.33 bits per heavy atom. The summed E-state index contributed by atoms with van der Waals surface area (Å²) in [6.07, 6.45) is -2.65. The number of alkyl halides is 2. The predicted molar refractivity (Wildman–Crippen MR) is 45.8 cm³/mol. The average Bonchev–Trinajstić information content (AvgIpc) is 1.96. The molecule has 0 fully saturated rings. The van der Waals surface area contributed by atoms with E-state index in [0.29, 0.717) is 0 Å². The van der Waals surface area contributed by atoms with Crippen LogP contribution < -0.4 is 5.73 Å². The monoisotopic (exact) mass is 211 g/mol. The fraction of sp³-hybridized carbons (Fsp3) is 0.143. The van der Waals surface area contributed by atoms with Gasteiger partial charge in [0.15, 0.2) is 0 Å². The van der Waals surface area contributed by atoms with Gasteiger partial charge in [0.2, 0.25) is 0 Å². The standard InChI is InChI=1S/C7H5Cl2F2N/c8-3-1-4(7(10)11)6(9)5(12)2-3/h1-2,7H,12H2. The normalized spacial score (nSPS) is 10.8. The Labute approximate surface area is 78.1 Å². The number of nitrogen functional groups attached to an aromatic ring is 1. The van der Waals surface area contributed by atoms with Gasteiger partial charge in [-0.1, -0.05) is 23.2 Å². The minimum absolute atomic E-state index is 0.0690. The van der Waals surface area contributed by atoms with Crippen LogP contribution in [0.5, 0.6) is 0 Å². The summed E-state index contributed by atoms with van der Waals surface area (Å²) in [4.78, 5) is 0. The lowest BCUT2D eigenvalue weighted by atomic mass is 10.2. The number of hydrogen-bond donors (Lipinski definition) is 1. The largest absolute Gasteiger partial charge is 0.397 e. The van der Waals surface area contributed by atoms with E-state index < -0.39 is 6.43 Å². The Morgan fingerprint density at radius 1 is 1.25 bits per heavy atom. The summed E-state index contributed by atoms with van der Waals surface area (Å²) >= 11 is 11.0. The van der Waals surface area contributed by atoms with Gasteiger partial charge >= 0.3 is 0 Å². The molecule has 66 valence electrons. The van der Waals surface area contributed by atoms with Gasteiger partial charge in [0.1, 0.15) is 0 Å². The van der Waals surface area contributed by atoms with Gasteiger partial charge in [0.05, 0.1) is 10.7 Å². The molecule has 0 amide bonds. The van der Waals surface area contributed by atoms with Crippen LogP contribution in [0.15, 0.2) is 12.1 Å². The van der Waals surface area contributed by atoms with Gasteiger partial charge in [-0.25, -0.2) is 8.78 Å². The second-order valence-electron chi connectivity index (χ2n) is 2.20. The van der Waals surface area contributed by atoms with Gasteiger partial charge in [-0.3, -0.25) is 0 Å². The molecule has 0 atom stereocenters. The lowest BCUT2D eigenvalue weighted by Crippen LogP contribution is -1.92. The number of halogens is 4. The molecule has 0 saturated heterocycles. The molecule has 1 aromatic carbocycles. The van der Waals surface area contributed by atoms with Crippen molar-refractivity contribution in [3.05, 3.63) is 27.7 Å². The summed E-state index contributed by atoms with van der Waals surface area (Å²) in [6, 6.07) is 2.43. The van der Waals surface area contributed by atoms with Crippen molar-refractivity contribution in [1.29, 1.82) is 0 Å². The van der Waals surface area contributed by atoms with E-state index in [9.17, 15) is 8.78 Å². The zero-order valence-corrected chi connectivity index (χ0v) is 7.33. The molecular formula is C7H5Cl2F2N. The summed E-state index contributed by atoms with van der Waals surface area (Å²) in [7, 11) is 0. The first-order valence-electron chi connectivity index (χ1n) is 3.05. The minimum Gasteiger partial charge on any atom is -0.397 e. The average molecular weight is 212 g/mol. The molecule has 2 N–H and O–H groups in total. The Balaban J connectivity index is 3.28. The molecular weight excluding hydrogens is 207 g/mol. The van der Waals surface area contributed by atoms with E-state index in [4.69, 9.17) is 28.9 Å². The SMILES string of the molecule is Nc1cc(Cl)cc(C(F)F)c1Cl. The Hall–Kier alpha value is -0.540. The van der Waals surface area contributed by atoms with Crippen LogP contribution in [0, 0.1) is 0 Å². The summed E-state index contributed by atoms with van der Waals surface area (Å²) in [5, 5.41) is 0.0293. The van der Waals surface area contributed by atoms with Gasteiger partial charge in [-0.15, -0.1) is 0 Å². The molecule has 1 rings (SSSR count). The molecule has 0 radical (unpaired) electrons. The summed E-state index contributed by atoms with van der Waals surface area (Å²) < 4.78 is 24.4. The first kappa shape index (κ1) is 9.55. The van der Waals surface area contributed by atoms with Crippen molar-refractivity contribution in [3.8, 4) is 0 Å². The molecule has 0 bridgehead atoms. The van der Waals surface area contributed by atoms with E-state index in [1.165, 1.54) is 6.07 Å². The Morgan fingerprint density at radius 2 is 1.83 bits per heavy atom. The van der Waals surface area contributed by atoms with E-state index in [1.807, 2.05) is 0 Å². The van der Waals surface area contributed by atoms with Crippen LogP contribution in [0.2, 0.25) is 10.0 Å². The highest BCUT2D eigenvalue weighted by molar-refractivity contribution is 6.35. The smallest absolute Gasteiger partial charge is 0.265 e. The molecule has 0 spiro atoms. The van der Waals surface area contributed by atoms with Gasteiger partial charge in [0.25, 0.3) is 6.43 Å². The molecule has 0 unspecified atom stereocenters. The lowest BCUT2D eigenvalue weighted by molar-refractivity contribution is 0.151. The Bertz CT molecular complexity index is 302. The van der Waals surface area contributed by atoms with E-state index in [-0.39, 0.29) is 21.3 Å². The molecule has 12 heavy (non-hydrogen) atoms. The zero-order chi connectivity index (χ0) is 9.30. The van der Waals surface area contributed by atoms with Crippen molar-refractivity contribution in [2.45, 2.75) is 6.43 Å². The highest BCUT2D eigenvalue weighted by atomic mass is 35.5. The number of hydrogen-bond acceptors (Lipinski definition) is 1. The molecule has 0 saturated carbocycles. The lowest BCUT2D eigenvalue weighted by Gasteiger charge is -2.05. The first-order valence-corrected chi connectivity index (χ1v) is 3.80. The van der Waals surface area contributed by atoms with Crippen molar-refractivity contribution in [2.24, 2.45) is 0 Å². The molecule has 0 aliphatic carbocycles. The third-order valence-corrected chi connectivity index (χ3v) is 1.98. The first-order chi connectivity index (χ1) is 5.52. The van der Waals surface area contributed by atoms with Crippen LogP contribution in [0.25, 0.3) is 0 Å². The second kappa shape index (κ2) is 3.46. The van der Waals surface area contributed by atoms with Crippen molar-refractivity contribution >= 4 is 28.9 Å². The van der Waals surface area contributed by atoms with Crippen molar-refractivity contribution in [2.75, 3.05) is 5.73 Å². The van der Waals surface area contributed by atoms with Crippen molar-refractivity contribution in [3.63, 3.8) is 0 Å². The van der Waals surface area contributed by atoms with Crippen LogP contribution in [-0.2, 0) is 0 Å². The fourth-order valence-electron chi connectivity index (χ4n) is 0.791. The highest BCUT2D eigenvalue weighted by Crippen LogP contribution is 2.33. The van der Waals surface area contributed by atoms with Gasteiger partial charge in [-0.05, 0) is 12.1 Å². The topological polar surface area (TPSA) is 26.0 Å². The minimum atomic E-state index is -2.65. The molecule has 5 heteroatoms. The van der Waals surface area contributed by atoms with Crippen LogP contribution >= 0.6 is 23.2 Å². The second-order valence-corrected chi connectivity index (χ2v) is 3.01. The van der Waals surface area contributed by atoms with E-state index in [0.717, 1.165) is 6.07 Å². The summed E-state index contributed by atoms with van der Waals surface area (Å²) in [5.41, 5.74) is 5.05. The summed E-state index contributed by atoms with van der Waals surface area (Å²) in [5.74, 6) is 0. The van der Waals surface area contributed by atoms with E-state index in [2.05, 4.69) is 0 Å². The molecule has 1 nitrogen and oxygen atoms in total. The van der Waals surface area contributed by atoms with Crippen LogP contribution in [0.4, 0.5) is 14.5 Å². The third kappa shape index (κ3) is 1.79. The van der Waals surface area contributed by atoms with Crippen molar-refractivity contribution in [1.82, 2.24) is 0 Å². The quantitative estimate of drug-likeness (QED) is 0.708. The van der Waals surface area contributed by atoms with Gasteiger partial charge < -0.3 is 5.73 Å². The van der Waals surface area contributed by atoms with Crippen LogP contribution in [-0.4, -0.2) is 0 Å². The van der Waals surface area contributed by atoms with Crippen LogP contribution in [0.3, 0.4) is 0 Å². The summed E-state index contributed by atoms with van der Waals surface area (Å²) in [6.45, 7) is 0. The highest BCUT2D eigenvalue weighted by Gasteiger charge is 2.14. The van der Waals surface area contributed by atoms with Crippen LogP contribution in [0.1, 0.15) is 12.0 Å². The van der Waals surface area contributed by atoms with Crippen molar-refractivity contribution < 1.29 is 8.78 Å². The molecule has 0 aliphatic heterocycles.